The van der Waals surface area contributed by atoms with Gasteiger partial charge in [0.25, 0.3) is 0 Å². The van der Waals surface area contributed by atoms with Crippen LogP contribution in [-0.4, -0.2) is 4.57 Å². The molecule has 0 atom stereocenters. The molecule has 1 heterocycles. The lowest BCUT2D eigenvalue weighted by atomic mass is 9.73. The summed E-state index contributed by atoms with van der Waals surface area (Å²) < 4.78 is 2.46. The van der Waals surface area contributed by atoms with Crippen molar-refractivity contribution in [3.63, 3.8) is 0 Å². The highest BCUT2D eigenvalue weighted by Crippen LogP contribution is 2.49. The van der Waals surface area contributed by atoms with Crippen molar-refractivity contribution in [3.8, 4) is 5.69 Å². The van der Waals surface area contributed by atoms with Gasteiger partial charge in [0.1, 0.15) is 0 Å². The van der Waals surface area contributed by atoms with Gasteiger partial charge in [-0.1, -0.05) is 153 Å². The molecule has 0 saturated heterocycles. The van der Waals surface area contributed by atoms with Gasteiger partial charge in [0.05, 0.1) is 16.7 Å². The van der Waals surface area contributed by atoms with Crippen LogP contribution < -0.4 is 9.80 Å². The predicted molar refractivity (Wildman–Crippen MR) is 262 cm³/mol. The van der Waals surface area contributed by atoms with Gasteiger partial charge in [-0.2, -0.15) is 0 Å². The Morgan fingerprint density at radius 3 is 1.47 bits per heavy atom. The average molecular weight is 804 g/mol. The molecule has 8 aromatic carbocycles. The Hall–Kier alpha value is -6.84. The van der Waals surface area contributed by atoms with Crippen LogP contribution in [0.15, 0.2) is 206 Å². The van der Waals surface area contributed by atoms with E-state index in [9.17, 15) is 0 Å². The van der Waals surface area contributed by atoms with E-state index in [0.29, 0.717) is 5.92 Å². The number of para-hydroxylation sites is 5. The van der Waals surface area contributed by atoms with E-state index in [0.717, 1.165) is 24.2 Å². The quantitative estimate of drug-likeness (QED) is 0.136. The number of hydrogen-bond acceptors (Lipinski definition) is 2. The van der Waals surface area contributed by atoms with Crippen molar-refractivity contribution in [2.24, 2.45) is 0 Å². The molecule has 0 N–H and O–H groups in total. The molecule has 304 valence electrons. The van der Waals surface area contributed by atoms with Gasteiger partial charge < -0.3 is 14.4 Å². The van der Waals surface area contributed by atoms with E-state index in [-0.39, 0.29) is 5.41 Å². The van der Waals surface area contributed by atoms with Gasteiger partial charge in [0.15, 0.2) is 0 Å². The van der Waals surface area contributed by atoms with Crippen LogP contribution in [0.5, 0.6) is 0 Å². The van der Waals surface area contributed by atoms with Crippen molar-refractivity contribution in [1.82, 2.24) is 4.57 Å². The first-order chi connectivity index (χ1) is 30.7. The minimum Gasteiger partial charge on any atom is -0.311 e. The maximum Gasteiger partial charge on any atom is 0.0782 e. The fourth-order valence-corrected chi connectivity index (χ4v) is 11.0. The third kappa shape index (κ3) is 6.86. The molecule has 2 aliphatic rings. The molecule has 0 bridgehead atoms. The summed E-state index contributed by atoms with van der Waals surface area (Å²) in [5.41, 5.74) is 14.9. The van der Waals surface area contributed by atoms with Crippen molar-refractivity contribution in [3.05, 3.63) is 223 Å². The van der Waals surface area contributed by atoms with E-state index in [2.05, 4.69) is 221 Å². The Bertz CT molecular complexity index is 2860. The Balaban J connectivity index is 1.02. The summed E-state index contributed by atoms with van der Waals surface area (Å²) in [4.78, 5) is 4.86. The smallest absolute Gasteiger partial charge is 0.0782 e. The molecular formula is C59H53N3. The Morgan fingerprint density at radius 1 is 0.387 bits per heavy atom. The molecule has 3 nitrogen and oxygen atoms in total. The number of aromatic nitrogens is 1. The van der Waals surface area contributed by atoms with E-state index >= 15 is 0 Å². The van der Waals surface area contributed by atoms with E-state index in [1.165, 1.54) is 112 Å². The van der Waals surface area contributed by atoms with Crippen LogP contribution in [0.2, 0.25) is 0 Å². The van der Waals surface area contributed by atoms with E-state index in [1.54, 1.807) is 0 Å². The molecule has 3 heteroatoms. The van der Waals surface area contributed by atoms with Gasteiger partial charge in [0, 0.05) is 50.3 Å². The van der Waals surface area contributed by atoms with Crippen molar-refractivity contribution in [2.75, 3.05) is 9.80 Å². The van der Waals surface area contributed by atoms with E-state index in [4.69, 9.17) is 0 Å². The maximum atomic E-state index is 2.51. The predicted octanol–water partition coefficient (Wildman–Crippen LogP) is 16.6. The fourth-order valence-electron chi connectivity index (χ4n) is 11.0. The maximum absolute atomic E-state index is 2.51. The van der Waals surface area contributed by atoms with Crippen LogP contribution in [-0.2, 0) is 5.41 Å². The molecule has 1 aromatic heterocycles. The molecule has 0 aliphatic heterocycles. The van der Waals surface area contributed by atoms with Crippen LogP contribution in [0.1, 0.15) is 80.4 Å². The lowest BCUT2D eigenvalue weighted by Gasteiger charge is -2.33. The molecule has 0 unspecified atom stereocenters. The molecule has 2 saturated carbocycles. The summed E-state index contributed by atoms with van der Waals surface area (Å²) in [6, 6.07) is 76.7. The third-order valence-corrected chi connectivity index (χ3v) is 14.0. The largest absolute Gasteiger partial charge is 0.311 e. The Labute approximate surface area is 366 Å². The van der Waals surface area contributed by atoms with Gasteiger partial charge in [-0.25, -0.2) is 0 Å². The minimum absolute atomic E-state index is 0.0341. The standard InChI is InChI=1S/C59H53N3/c1-5-18-44(19-6-1)45-30-36-52(37-31-45)61(57-29-17-27-55-54-26-13-14-28-56(54)62(58(55)57)50-24-11-4-12-25-50)53-40-34-47(35-41-53)59(42-15-16-43-59)46-32-38-51(39-33-46)60(48-20-7-2-8-21-48)49-22-9-3-10-23-49/h2-4,7-14,17,20-41,44H,1,5-6,15-16,18-19,42-43H2. The second kappa shape index (κ2) is 16.6. The van der Waals surface area contributed by atoms with Gasteiger partial charge in [-0.05, 0) is 133 Å². The zero-order valence-corrected chi connectivity index (χ0v) is 35.4. The zero-order valence-electron chi connectivity index (χ0n) is 35.4. The van der Waals surface area contributed by atoms with Crippen LogP contribution in [0.3, 0.4) is 0 Å². The van der Waals surface area contributed by atoms with Crippen LogP contribution in [0.4, 0.5) is 34.1 Å². The summed E-state index contributed by atoms with van der Waals surface area (Å²) in [6.45, 7) is 0. The lowest BCUT2D eigenvalue weighted by molar-refractivity contribution is 0.443. The highest BCUT2D eigenvalue weighted by Gasteiger charge is 2.37. The molecule has 62 heavy (non-hydrogen) atoms. The molecule has 0 radical (unpaired) electrons. The third-order valence-electron chi connectivity index (χ3n) is 14.0. The second-order valence-corrected chi connectivity index (χ2v) is 17.5. The number of rotatable bonds is 10. The minimum atomic E-state index is -0.0341. The number of anilines is 6. The van der Waals surface area contributed by atoms with Crippen molar-refractivity contribution >= 4 is 55.9 Å². The van der Waals surface area contributed by atoms with Crippen molar-refractivity contribution in [2.45, 2.75) is 69.1 Å². The molecule has 11 rings (SSSR count). The molecular weight excluding hydrogens is 751 g/mol. The number of hydrogen-bond donors (Lipinski definition) is 0. The molecule has 0 spiro atoms. The normalized spacial score (nSPS) is 15.2. The topological polar surface area (TPSA) is 11.4 Å². The summed E-state index contributed by atoms with van der Waals surface area (Å²) in [5.74, 6) is 0.658. The summed E-state index contributed by atoms with van der Waals surface area (Å²) >= 11 is 0. The highest BCUT2D eigenvalue weighted by atomic mass is 15.2. The van der Waals surface area contributed by atoms with E-state index in [1.807, 2.05) is 0 Å². The molecule has 0 amide bonds. The van der Waals surface area contributed by atoms with Crippen LogP contribution in [0, 0.1) is 0 Å². The molecule has 2 aliphatic carbocycles. The highest BCUT2D eigenvalue weighted by molar-refractivity contribution is 6.14. The van der Waals surface area contributed by atoms with Gasteiger partial charge in [-0.15, -0.1) is 0 Å². The fraction of sp³-hybridized carbons (Fsp3) is 0.186. The average Bonchev–Trinajstić information content (AvgIpc) is 3.99. The van der Waals surface area contributed by atoms with E-state index < -0.39 is 0 Å². The zero-order chi connectivity index (χ0) is 41.3. The van der Waals surface area contributed by atoms with Gasteiger partial charge >= 0.3 is 0 Å². The van der Waals surface area contributed by atoms with Crippen LogP contribution >= 0.6 is 0 Å². The number of fused-ring (bicyclic) bond motifs is 3. The number of benzene rings is 8. The second-order valence-electron chi connectivity index (χ2n) is 17.5. The van der Waals surface area contributed by atoms with Gasteiger partial charge in [0.2, 0.25) is 0 Å². The number of nitrogens with zero attached hydrogens (tertiary/aromatic N) is 3. The van der Waals surface area contributed by atoms with Crippen molar-refractivity contribution in [1.29, 1.82) is 0 Å². The lowest BCUT2D eigenvalue weighted by Crippen LogP contribution is -2.24. The van der Waals surface area contributed by atoms with Gasteiger partial charge in [-0.3, -0.25) is 0 Å². The molecule has 2 fully saturated rings. The van der Waals surface area contributed by atoms with Crippen molar-refractivity contribution < 1.29 is 0 Å². The first kappa shape index (κ1) is 38.1. The molecule has 9 aromatic rings. The monoisotopic (exact) mass is 803 g/mol. The summed E-state index contributed by atoms with van der Waals surface area (Å²) in [6.07, 6.45) is 11.4. The summed E-state index contributed by atoms with van der Waals surface area (Å²) in [5, 5.41) is 2.52. The first-order valence-corrected chi connectivity index (χ1v) is 22.8. The Kier molecular flexibility index (Phi) is 10.2. The first-order valence-electron chi connectivity index (χ1n) is 22.8. The van der Waals surface area contributed by atoms with Crippen LogP contribution in [0.25, 0.3) is 27.5 Å². The SMILES string of the molecule is c1ccc(N(c2ccccc2)c2ccc(C3(c4ccc(N(c5ccc(C6CCCCC6)cc5)c5cccc6c7ccccc7n(-c7ccccc7)c56)cc4)CCCC3)cc2)cc1. The summed E-state index contributed by atoms with van der Waals surface area (Å²) in [7, 11) is 0. The Morgan fingerprint density at radius 2 is 0.871 bits per heavy atom.